The summed E-state index contributed by atoms with van der Waals surface area (Å²) in [5.41, 5.74) is 1.21. The first-order chi connectivity index (χ1) is 10.5. The van der Waals surface area contributed by atoms with E-state index < -0.39 is 5.97 Å². The number of fused-ring (bicyclic) bond motifs is 1. The highest BCUT2D eigenvalue weighted by molar-refractivity contribution is 9.10. The first-order valence-electron chi connectivity index (χ1n) is 6.45. The molecular weight excluding hydrogens is 352 g/mol. The van der Waals surface area contributed by atoms with Crippen LogP contribution in [-0.2, 0) is 11.3 Å². The minimum Gasteiger partial charge on any atom is -0.452 e. The van der Waals surface area contributed by atoms with E-state index in [1.165, 1.54) is 6.07 Å². The van der Waals surface area contributed by atoms with Crippen LogP contribution < -0.4 is 5.56 Å². The first kappa shape index (κ1) is 14.5. The van der Waals surface area contributed by atoms with E-state index in [1.54, 1.807) is 18.2 Å². The van der Waals surface area contributed by atoms with Gasteiger partial charge in [-0.1, -0.05) is 12.1 Å². The van der Waals surface area contributed by atoms with Gasteiger partial charge >= 0.3 is 5.97 Å². The predicted molar refractivity (Wildman–Crippen MR) is 82.6 cm³/mol. The molecule has 112 valence electrons. The van der Waals surface area contributed by atoms with Gasteiger partial charge < -0.3 is 14.1 Å². The Morgan fingerprint density at radius 2 is 2.18 bits per heavy atom. The number of nitrogens with zero attached hydrogens (tertiary/aromatic N) is 1. The summed E-state index contributed by atoms with van der Waals surface area (Å²) in [4.78, 5) is 30.7. The average molecular weight is 363 g/mol. The first-order valence-corrected chi connectivity index (χ1v) is 7.25. The van der Waals surface area contributed by atoms with E-state index in [4.69, 9.17) is 9.15 Å². The molecule has 0 fully saturated rings. The normalized spacial score (nSPS) is 10.8. The number of aryl methyl sites for hydroxylation is 1. The number of H-pyrrole nitrogens is 1. The molecule has 0 saturated heterocycles. The van der Waals surface area contributed by atoms with Crippen LogP contribution in [0.15, 0.2) is 44.2 Å². The van der Waals surface area contributed by atoms with Gasteiger partial charge in [-0.15, -0.1) is 0 Å². The quantitative estimate of drug-likeness (QED) is 0.724. The summed E-state index contributed by atoms with van der Waals surface area (Å²) in [6, 6.07) is 8.45. The van der Waals surface area contributed by atoms with Gasteiger partial charge in [0.25, 0.3) is 5.56 Å². The number of para-hydroxylation sites is 1. The van der Waals surface area contributed by atoms with Gasteiger partial charge in [0.2, 0.25) is 5.76 Å². The third kappa shape index (κ3) is 2.80. The molecule has 0 aliphatic carbocycles. The lowest BCUT2D eigenvalue weighted by atomic mass is 10.1. The van der Waals surface area contributed by atoms with Crippen molar-refractivity contribution < 1.29 is 13.9 Å². The molecule has 1 N–H and O–H groups in total. The molecule has 0 aliphatic heterocycles. The number of carbonyl (C=O) groups is 1. The summed E-state index contributed by atoms with van der Waals surface area (Å²) < 4.78 is 10.6. The Labute approximate surface area is 133 Å². The predicted octanol–water partition coefficient (Wildman–Crippen LogP) is 2.94. The van der Waals surface area contributed by atoms with E-state index in [0.717, 1.165) is 5.56 Å². The Bertz CT molecular complexity index is 913. The molecule has 0 aliphatic rings. The second-order valence-electron chi connectivity index (χ2n) is 4.66. The lowest BCUT2D eigenvalue weighted by Gasteiger charge is -2.05. The average Bonchev–Trinajstić information content (AvgIpc) is 2.93. The van der Waals surface area contributed by atoms with E-state index in [-0.39, 0.29) is 23.8 Å². The van der Waals surface area contributed by atoms with Crippen molar-refractivity contribution >= 4 is 32.8 Å². The lowest BCUT2D eigenvalue weighted by Crippen LogP contribution is -2.14. The van der Waals surface area contributed by atoms with Gasteiger partial charge in [-0.2, -0.15) is 0 Å². The minimum absolute atomic E-state index is 0.0752. The largest absolute Gasteiger partial charge is 0.452 e. The molecule has 0 spiro atoms. The van der Waals surface area contributed by atoms with E-state index in [0.29, 0.717) is 15.6 Å². The third-order valence-corrected chi connectivity index (χ3v) is 3.53. The van der Waals surface area contributed by atoms with Crippen molar-refractivity contribution in [2.75, 3.05) is 0 Å². The van der Waals surface area contributed by atoms with E-state index in [9.17, 15) is 9.59 Å². The molecule has 2 aromatic heterocycles. The SMILES string of the molecule is Cc1cccc2c(=O)[nH]c(COC(=O)c3ccc(Br)o3)nc12. The van der Waals surface area contributed by atoms with Crippen molar-refractivity contribution in [3.05, 3.63) is 62.5 Å². The summed E-state index contributed by atoms with van der Waals surface area (Å²) in [5, 5.41) is 0.505. The summed E-state index contributed by atoms with van der Waals surface area (Å²) in [6.07, 6.45) is 0. The van der Waals surface area contributed by atoms with Crippen LogP contribution in [0.5, 0.6) is 0 Å². The van der Waals surface area contributed by atoms with Gasteiger partial charge in [0.1, 0.15) is 12.4 Å². The molecule has 0 amide bonds. The van der Waals surface area contributed by atoms with Gasteiger partial charge in [0, 0.05) is 0 Å². The maximum Gasteiger partial charge on any atom is 0.374 e. The van der Waals surface area contributed by atoms with Gasteiger partial charge in [-0.05, 0) is 46.6 Å². The number of esters is 1. The fourth-order valence-electron chi connectivity index (χ4n) is 2.05. The number of carbonyl (C=O) groups excluding carboxylic acids is 1. The third-order valence-electron chi connectivity index (χ3n) is 3.10. The van der Waals surface area contributed by atoms with Crippen molar-refractivity contribution in [3.63, 3.8) is 0 Å². The zero-order chi connectivity index (χ0) is 15.7. The van der Waals surface area contributed by atoms with E-state index in [1.807, 2.05) is 13.0 Å². The molecule has 2 heterocycles. The number of furan rings is 1. The van der Waals surface area contributed by atoms with Crippen LogP contribution in [0, 0.1) is 6.92 Å². The highest BCUT2D eigenvalue weighted by atomic mass is 79.9. The lowest BCUT2D eigenvalue weighted by molar-refractivity contribution is 0.0424. The maximum absolute atomic E-state index is 12.0. The number of halogens is 1. The van der Waals surface area contributed by atoms with Crippen molar-refractivity contribution in [2.24, 2.45) is 0 Å². The van der Waals surface area contributed by atoms with Crippen LogP contribution in [0.3, 0.4) is 0 Å². The van der Waals surface area contributed by atoms with Gasteiger partial charge in [-0.3, -0.25) is 4.79 Å². The number of hydrogen-bond acceptors (Lipinski definition) is 5. The summed E-state index contributed by atoms with van der Waals surface area (Å²) in [6.45, 7) is 1.72. The number of benzene rings is 1. The van der Waals surface area contributed by atoms with E-state index in [2.05, 4.69) is 25.9 Å². The number of ether oxygens (including phenoxy) is 1. The number of aromatic amines is 1. The zero-order valence-corrected chi connectivity index (χ0v) is 13.1. The molecule has 0 atom stereocenters. The maximum atomic E-state index is 12.0. The highest BCUT2D eigenvalue weighted by Crippen LogP contribution is 2.16. The van der Waals surface area contributed by atoms with Crippen molar-refractivity contribution in [1.29, 1.82) is 0 Å². The van der Waals surface area contributed by atoms with Crippen LogP contribution in [0.4, 0.5) is 0 Å². The molecule has 7 heteroatoms. The number of rotatable bonds is 3. The molecule has 1 aromatic carbocycles. The second kappa shape index (κ2) is 5.76. The highest BCUT2D eigenvalue weighted by Gasteiger charge is 2.13. The fraction of sp³-hybridized carbons (Fsp3) is 0.133. The fourth-order valence-corrected chi connectivity index (χ4v) is 2.36. The standard InChI is InChI=1S/C15H11BrN2O4/c1-8-3-2-4-9-13(8)17-12(18-14(9)19)7-21-15(20)10-5-6-11(16)22-10/h2-6H,7H2,1H3,(H,17,18,19). The van der Waals surface area contributed by atoms with Crippen LogP contribution in [0.1, 0.15) is 21.9 Å². The monoisotopic (exact) mass is 362 g/mol. The molecule has 6 nitrogen and oxygen atoms in total. The van der Waals surface area contributed by atoms with Gasteiger partial charge in [-0.25, -0.2) is 9.78 Å². The van der Waals surface area contributed by atoms with Crippen molar-refractivity contribution in [2.45, 2.75) is 13.5 Å². The molecule has 3 aromatic rings. The van der Waals surface area contributed by atoms with Crippen molar-refractivity contribution in [1.82, 2.24) is 9.97 Å². The van der Waals surface area contributed by atoms with Gasteiger partial charge in [0.05, 0.1) is 10.9 Å². The topological polar surface area (TPSA) is 85.2 Å². The smallest absolute Gasteiger partial charge is 0.374 e. The van der Waals surface area contributed by atoms with Gasteiger partial charge in [0.15, 0.2) is 4.67 Å². The van der Waals surface area contributed by atoms with Crippen LogP contribution in [0.25, 0.3) is 10.9 Å². The van der Waals surface area contributed by atoms with Crippen LogP contribution in [0.2, 0.25) is 0 Å². The number of nitrogens with one attached hydrogen (secondary N) is 1. The summed E-state index contributed by atoms with van der Waals surface area (Å²) in [5.74, 6) is -0.268. The zero-order valence-electron chi connectivity index (χ0n) is 11.6. The van der Waals surface area contributed by atoms with Crippen molar-refractivity contribution in [3.8, 4) is 0 Å². The number of aromatic nitrogens is 2. The molecule has 0 radical (unpaired) electrons. The van der Waals surface area contributed by atoms with Crippen LogP contribution >= 0.6 is 15.9 Å². The second-order valence-corrected chi connectivity index (χ2v) is 5.45. The Morgan fingerprint density at radius 3 is 2.91 bits per heavy atom. The Morgan fingerprint density at radius 1 is 1.36 bits per heavy atom. The molecule has 0 bridgehead atoms. The molecule has 22 heavy (non-hydrogen) atoms. The molecular formula is C15H11BrN2O4. The summed E-state index contributed by atoms with van der Waals surface area (Å²) in [7, 11) is 0. The van der Waals surface area contributed by atoms with Crippen LogP contribution in [-0.4, -0.2) is 15.9 Å². The summed E-state index contributed by atoms with van der Waals surface area (Å²) >= 11 is 3.11. The molecule has 0 saturated carbocycles. The Balaban J connectivity index is 1.84. The Kier molecular flexibility index (Phi) is 3.81. The van der Waals surface area contributed by atoms with E-state index >= 15 is 0 Å². The molecule has 3 rings (SSSR count). The Hall–Kier alpha value is -2.41. The molecule has 0 unspecified atom stereocenters. The minimum atomic E-state index is -0.627. The number of hydrogen-bond donors (Lipinski definition) is 1.